The predicted molar refractivity (Wildman–Crippen MR) is 57.0 cm³/mol. The molecule has 0 unspecified atom stereocenters. The van der Waals surface area contributed by atoms with E-state index in [0.29, 0.717) is 13.0 Å². The molecule has 0 saturated heterocycles. The second-order valence-electron chi connectivity index (χ2n) is 3.62. The van der Waals surface area contributed by atoms with Crippen LogP contribution < -0.4 is 5.43 Å². The van der Waals surface area contributed by atoms with Crippen LogP contribution in [0.15, 0.2) is 16.9 Å². The van der Waals surface area contributed by atoms with Crippen LogP contribution in [0.2, 0.25) is 0 Å². The molecule has 4 nitrogen and oxygen atoms in total. The topological polar surface area (TPSA) is 59.3 Å². The van der Waals surface area contributed by atoms with Crippen LogP contribution in [0.3, 0.4) is 0 Å². The third-order valence-electron chi connectivity index (χ3n) is 2.33. The van der Waals surface area contributed by atoms with Gasteiger partial charge in [-0.05, 0) is 20.3 Å². The maximum absolute atomic E-state index is 11.1. The van der Waals surface area contributed by atoms with Crippen molar-refractivity contribution in [2.75, 3.05) is 0 Å². The highest BCUT2D eigenvalue weighted by Crippen LogP contribution is 2.04. The molecule has 0 aliphatic rings. The lowest BCUT2D eigenvalue weighted by molar-refractivity contribution is -0.137. The number of nitrogens with zero attached hydrogens (tertiary/aromatic N) is 1. The number of hydrogen-bond acceptors (Lipinski definition) is 2. The van der Waals surface area contributed by atoms with Crippen molar-refractivity contribution < 1.29 is 9.90 Å². The van der Waals surface area contributed by atoms with Gasteiger partial charge in [0.05, 0.1) is 0 Å². The Labute approximate surface area is 88.2 Å². The maximum atomic E-state index is 11.1. The summed E-state index contributed by atoms with van der Waals surface area (Å²) in [6, 6.07) is 3.13. The van der Waals surface area contributed by atoms with E-state index < -0.39 is 5.97 Å². The molecule has 0 aliphatic heterocycles. The van der Waals surface area contributed by atoms with Gasteiger partial charge in [0, 0.05) is 36.5 Å². The van der Waals surface area contributed by atoms with Crippen molar-refractivity contribution in [2.24, 2.45) is 0 Å². The molecule has 0 bridgehead atoms. The molecule has 0 amide bonds. The number of rotatable bonds is 4. The summed E-state index contributed by atoms with van der Waals surface area (Å²) in [4.78, 5) is 21.5. The molecule has 0 spiro atoms. The summed E-state index contributed by atoms with van der Waals surface area (Å²) in [7, 11) is 0. The van der Waals surface area contributed by atoms with Crippen LogP contribution in [0.25, 0.3) is 0 Å². The van der Waals surface area contributed by atoms with Gasteiger partial charge in [0.1, 0.15) is 0 Å². The first-order valence-corrected chi connectivity index (χ1v) is 4.90. The Kier molecular flexibility index (Phi) is 3.66. The SMILES string of the molecule is Cc1cc(=O)cc(C)n1CCCC(=O)O. The van der Waals surface area contributed by atoms with Crippen LogP contribution in [0.1, 0.15) is 24.2 Å². The van der Waals surface area contributed by atoms with Gasteiger partial charge in [-0.25, -0.2) is 0 Å². The molecule has 1 aromatic rings. The zero-order valence-corrected chi connectivity index (χ0v) is 8.99. The minimum absolute atomic E-state index is 0.000477. The largest absolute Gasteiger partial charge is 0.481 e. The molecule has 0 atom stereocenters. The third kappa shape index (κ3) is 3.23. The van der Waals surface area contributed by atoms with Crippen LogP contribution >= 0.6 is 0 Å². The Bertz CT molecular complexity index is 394. The first-order chi connectivity index (χ1) is 7.00. The van der Waals surface area contributed by atoms with Gasteiger partial charge in [0.2, 0.25) is 0 Å². The standard InChI is InChI=1S/C11H15NO3/c1-8-6-10(13)7-9(2)12(8)5-3-4-11(14)15/h6-7H,3-5H2,1-2H3,(H,14,15). The lowest BCUT2D eigenvalue weighted by Gasteiger charge is -2.13. The van der Waals surface area contributed by atoms with E-state index >= 15 is 0 Å². The Hall–Kier alpha value is -1.58. The van der Waals surface area contributed by atoms with E-state index in [4.69, 9.17) is 5.11 Å². The molecule has 0 aromatic carbocycles. The number of carboxylic acids is 1. The van der Waals surface area contributed by atoms with Crippen LogP contribution in [-0.2, 0) is 11.3 Å². The zero-order chi connectivity index (χ0) is 11.4. The molecule has 1 heterocycles. The van der Waals surface area contributed by atoms with Gasteiger partial charge in [0.25, 0.3) is 0 Å². The fourth-order valence-corrected chi connectivity index (χ4v) is 1.63. The molecule has 1 N–H and O–H groups in total. The normalized spacial score (nSPS) is 10.3. The van der Waals surface area contributed by atoms with Crippen LogP contribution in [0.4, 0.5) is 0 Å². The van der Waals surface area contributed by atoms with Crippen molar-refractivity contribution in [3.05, 3.63) is 33.7 Å². The number of aryl methyl sites for hydroxylation is 2. The lowest BCUT2D eigenvalue weighted by atomic mass is 10.2. The smallest absolute Gasteiger partial charge is 0.303 e. The molecule has 0 aliphatic carbocycles. The highest BCUT2D eigenvalue weighted by atomic mass is 16.4. The van der Waals surface area contributed by atoms with E-state index in [0.717, 1.165) is 11.4 Å². The van der Waals surface area contributed by atoms with Gasteiger partial charge < -0.3 is 9.67 Å². The Morgan fingerprint density at radius 3 is 2.33 bits per heavy atom. The van der Waals surface area contributed by atoms with E-state index in [1.54, 1.807) is 12.1 Å². The number of pyridine rings is 1. The van der Waals surface area contributed by atoms with Crippen LogP contribution in [0, 0.1) is 13.8 Å². The highest BCUT2D eigenvalue weighted by Gasteiger charge is 2.02. The quantitative estimate of drug-likeness (QED) is 0.813. The van der Waals surface area contributed by atoms with Crippen molar-refractivity contribution in [2.45, 2.75) is 33.2 Å². The zero-order valence-electron chi connectivity index (χ0n) is 8.99. The molecule has 1 aromatic heterocycles. The molecule has 1 rings (SSSR count). The molecule has 82 valence electrons. The minimum Gasteiger partial charge on any atom is -0.481 e. The molecular weight excluding hydrogens is 194 g/mol. The second kappa shape index (κ2) is 4.77. The van der Waals surface area contributed by atoms with Crippen LogP contribution in [-0.4, -0.2) is 15.6 Å². The first-order valence-electron chi connectivity index (χ1n) is 4.90. The van der Waals surface area contributed by atoms with Gasteiger partial charge >= 0.3 is 5.97 Å². The fourth-order valence-electron chi connectivity index (χ4n) is 1.63. The average Bonchev–Trinajstić information content (AvgIpc) is 2.08. The number of aliphatic carboxylic acids is 1. The molecule has 0 saturated carbocycles. The summed E-state index contributed by atoms with van der Waals surface area (Å²) in [5.41, 5.74) is 1.76. The van der Waals surface area contributed by atoms with Crippen LogP contribution in [0.5, 0.6) is 0 Å². The highest BCUT2D eigenvalue weighted by molar-refractivity contribution is 5.66. The van der Waals surface area contributed by atoms with E-state index in [1.807, 2.05) is 18.4 Å². The number of carbonyl (C=O) groups is 1. The number of carboxylic acid groups (broad SMARTS) is 1. The number of hydrogen-bond donors (Lipinski definition) is 1. The lowest BCUT2D eigenvalue weighted by Crippen LogP contribution is -2.13. The summed E-state index contributed by atoms with van der Waals surface area (Å²) < 4.78 is 1.96. The average molecular weight is 209 g/mol. The molecule has 0 radical (unpaired) electrons. The van der Waals surface area contributed by atoms with Crippen molar-refractivity contribution in [1.82, 2.24) is 4.57 Å². The third-order valence-corrected chi connectivity index (χ3v) is 2.33. The molecule has 0 fully saturated rings. The molecule has 15 heavy (non-hydrogen) atoms. The monoisotopic (exact) mass is 209 g/mol. The van der Waals surface area contributed by atoms with E-state index in [9.17, 15) is 9.59 Å². The maximum Gasteiger partial charge on any atom is 0.303 e. The summed E-state index contributed by atoms with van der Waals surface area (Å²) in [5.74, 6) is -0.786. The molecular formula is C11H15NO3. The molecule has 4 heteroatoms. The van der Waals surface area contributed by atoms with Gasteiger partial charge in [-0.2, -0.15) is 0 Å². The van der Waals surface area contributed by atoms with Gasteiger partial charge in [-0.15, -0.1) is 0 Å². The summed E-state index contributed by atoms with van der Waals surface area (Å²) in [6.07, 6.45) is 0.741. The van der Waals surface area contributed by atoms with Crippen molar-refractivity contribution in [1.29, 1.82) is 0 Å². The van der Waals surface area contributed by atoms with Gasteiger partial charge in [-0.3, -0.25) is 9.59 Å². The second-order valence-corrected chi connectivity index (χ2v) is 3.62. The minimum atomic E-state index is -0.786. The summed E-state index contributed by atoms with van der Waals surface area (Å²) in [5, 5.41) is 8.51. The first kappa shape index (κ1) is 11.5. The van der Waals surface area contributed by atoms with Crippen molar-refractivity contribution in [3.8, 4) is 0 Å². The van der Waals surface area contributed by atoms with Crippen molar-refractivity contribution >= 4 is 5.97 Å². The predicted octanol–water partition coefficient (Wildman–Crippen LogP) is 1.33. The van der Waals surface area contributed by atoms with Gasteiger partial charge in [-0.1, -0.05) is 0 Å². The Morgan fingerprint density at radius 2 is 1.87 bits per heavy atom. The van der Waals surface area contributed by atoms with E-state index in [2.05, 4.69) is 0 Å². The number of aromatic nitrogens is 1. The van der Waals surface area contributed by atoms with Gasteiger partial charge in [0.15, 0.2) is 5.43 Å². The summed E-state index contributed by atoms with van der Waals surface area (Å²) >= 11 is 0. The Balaban J connectivity index is 2.77. The van der Waals surface area contributed by atoms with E-state index in [-0.39, 0.29) is 11.8 Å². The van der Waals surface area contributed by atoms with Crippen molar-refractivity contribution in [3.63, 3.8) is 0 Å². The fraction of sp³-hybridized carbons (Fsp3) is 0.455. The Morgan fingerprint density at radius 1 is 1.33 bits per heavy atom. The van der Waals surface area contributed by atoms with E-state index in [1.165, 1.54) is 0 Å². The summed E-state index contributed by atoms with van der Waals surface area (Å²) in [6.45, 7) is 4.36.